The predicted molar refractivity (Wildman–Crippen MR) is 52.4 cm³/mol. The van der Waals surface area contributed by atoms with Gasteiger partial charge in [0.15, 0.2) is 0 Å². The zero-order valence-corrected chi connectivity index (χ0v) is 8.35. The summed E-state index contributed by atoms with van der Waals surface area (Å²) in [5, 5.41) is 0.478. The lowest BCUT2D eigenvalue weighted by Crippen LogP contribution is -1.99. The van der Waals surface area contributed by atoms with E-state index in [-0.39, 0.29) is 5.28 Å². The lowest BCUT2D eigenvalue weighted by atomic mass is 10.4. The van der Waals surface area contributed by atoms with Gasteiger partial charge in [0.2, 0.25) is 11.2 Å². The molecular weight excluding hydrogens is 211 g/mol. The quantitative estimate of drug-likeness (QED) is 0.443. The number of hydrogen-bond acceptors (Lipinski definition) is 3. The molecule has 0 aliphatic carbocycles. The Bertz CT molecular complexity index is 304. The van der Waals surface area contributed by atoms with E-state index in [2.05, 4.69) is 16.5 Å². The first kappa shape index (κ1) is 10.3. The van der Waals surface area contributed by atoms with Crippen molar-refractivity contribution >= 4 is 23.2 Å². The van der Waals surface area contributed by atoms with Crippen LogP contribution in [0.15, 0.2) is 18.9 Å². The third-order valence-electron chi connectivity index (χ3n) is 1.24. The van der Waals surface area contributed by atoms with Gasteiger partial charge in [-0.15, -0.1) is 6.58 Å². The van der Waals surface area contributed by atoms with E-state index in [4.69, 9.17) is 27.9 Å². The number of aromatic nitrogens is 2. The molecule has 0 radical (unpaired) electrons. The zero-order valence-electron chi connectivity index (χ0n) is 6.83. The van der Waals surface area contributed by atoms with Crippen LogP contribution in [0, 0.1) is 0 Å². The van der Waals surface area contributed by atoms with E-state index < -0.39 is 0 Å². The molecule has 0 bridgehead atoms. The molecule has 5 heteroatoms. The Hall–Kier alpha value is -0.800. The summed E-state index contributed by atoms with van der Waals surface area (Å²) in [6.45, 7) is 4.04. The van der Waals surface area contributed by atoms with E-state index in [0.717, 1.165) is 6.42 Å². The Morgan fingerprint density at radius 1 is 1.54 bits per heavy atom. The van der Waals surface area contributed by atoms with Crippen LogP contribution in [0.2, 0.25) is 10.3 Å². The predicted octanol–water partition coefficient (Wildman–Crippen LogP) is 2.74. The maximum Gasteiger partial charge on any atom is 0.237 e. The third-order valence-corrected chi connectivity index (χ3v) is 1.68. The van der Waals surface area contributed by atoms with Gasteiger partial charge >= 0.3 is 0 Å². The van der Waals surface area contributed by atoms with Crippen LogP contribution in [0.25, 0.3) is 0 Å². The fraction of sp³-hybridized carbons (Fsp3) is 0.250. The van der Waals surface area contributed by atoms with Crippen LogP contribution in [0.4, 0.5) is 0 Å². The Kier molecular flexibility index (Phi) is 3.99. The average Bonchev–Trinajstić information content (AvgIpc) is 2.11. The number of halogens is 2. The van der Waals surface area contributed by atoms with Crippen LogP contribution in [-0.4, -0.2) is 16.6 Å². The Labute approximate surface area is 86.4 Å². The fourth-order valence-corrected chi connectivity index (χ4v) is 0.943. The minimum Gasteiger partial charge on any atom is -0.476 e. The molecule has 0 amide bonds. The Balaban J connectivity index is 2.64. The van der Waals surface area contributed by atoms with Gasteiger partial charge in [0.05, 0.1) is 12.8 Å². The molecule has 1 heterocycles. The molecule has 0 aliphatic rings. The van der Waals surface area contributed by atoms with E-state index in [1.807, 2.05) is 0 Å². The number of rotatable bonds is 4. The van der Waals surface area contributed by atoms with Gasteiger partial charge in [-0.3, -0.25) is 0 Å². The summed E-state index contributed by atoms with van der Waals surface area (Å²) in [5.74, 6) is 0.309. The smallest absolute Gasteiger partial charge is 0.237 e. The molecule has 0 atom stereocenters. The van der Waals surface area contributed by atoms with Crippen molar-refractivity contribution in [2.75, 3.05) is 6.61 Å². The number of nitrogens with zero attached hydrogens (tertiary/aromatic N) is 2. The second-order valence-corrected chi connectivity index (χ2v) is 2.96. The summed E-state index contributed by atoms with van der Waals surface area (Å²) in [6.07, 6.45) is 3.88. The van der Waals surface area contributed by atoms with Crippen LogP contribution in [-0.2, 0) is 0 Å². The van der Waals surface area contributed by atoms with Gasteiger partial charge in [-0.1, -0.05) is 17.7 Å². The largest absolute Gasteiger partial charge is 0.476 e. The third kappa shape index (κ3) is 3.20. The Morgan fingerprint density at radius 2 is 2.31 bits per heavy atom. The maximum absolute atomic E-state index is 5.74. The van der Waals surface area contributed by atoms with E-state index >= 15 is 0 Å². The summed E-state index contributed by atoms with van der Waals surface area (Å²) in [7, 11) is 0. The first-order valence-electron chi connectivity index (χ1n) is 3.65. The number of hydrogen-bond donors (Lipinski definition) is 0. The second kappa shape index (κ2) is 5.04. The molecule has 0 spiro atoms. The number of ether oxygens (including phenoxy) is 1. The van der Waals surface area contributed by atoms with Crippen molar-refractivity contribution in [1.29, 1.82) is 0 Å². The summed E-state index contributed by atoms with van der Waals surface area (Å²) < 4.78 is 5.22. The van der Waals surface area contributed by atoms with E-state index in [0.29, 0.717) is 17.5 Å². The standard InChI is InChI=1S/C8H8Cl2N2O/c1-2-3-4-13-7-6(9)5-11-8(10)12-7/h2,5H,1,3-4H2. The lowest BCUT2D eigenvalue weighted by Gasteiger charge is -2.04. The highest BCUT2D eigenvalue weighted by Gasteiger charge is 2.04. The van der Waals surface area contributed by atoms with E-state index in [1.54, 1.807) is 6.08 Å². The van der Waals surface area contributed by atoms with Crippen molar-refractivity contribution in [3.8, 4) is 5.88 Å². The molecule has 1 rings (SSSR count). The van der Waals surface area contributed by atoms with Gasteiger partial charge in [-0.25, -0.2) is 4.98 Å². The molecule has 0 saturated carbocycles. The van der Waals surface area contributed by atoms with Crippen molar-refractivity contribution < 1.29 is 4.74 Å². The van der Waals surface area contributed by atoms with Crippen LogP contribution in [0.3, 0.4) is 0 Å². The van der Waals surface area contributed by atoms with Crippen LogP contribution in [0.5, 0.6) is 5.88 Å². The van der Waals surface area contributed by atoms with Crippen molar-refractivity contribution in [3.05, 3.63) is 29.2 Å². The van der Waals surface area contributed by atoms with Gasteiger partial charge in [-0.2, -0.15) is 4.98 Å². The fourth-order valence-electron chi connectivity index (χ4n) is 0.671. The van der Waals surface area contributed by atoms with Gasteiger partial charge in [0.25, 0.3) is 0 Å². The van der Waals surface area contributed by atoms with Crippen LogP contribution >= 0.6 is 23.2 Å². The van der Waals surface area contributed by atoms with Crippen molar-refractivity contribution in [3.63, 3.8) is 0 Å². The Morgan fingerprint density at radius 3 is 3.00 bits per heavy atom. The van der Waals surface area contributed by atoms with Crippen LogP contribution in [0.1, 0.15) is 6.42 Å². The summed E-state index contributed by atoms with van der Waals surface area (Å²) in [4.78, 5) is 7.50. The molecule has 13 heavy (non-hydrogen) atoms. The second-order valence-electron chi connectivity index (χ2n) is 2.22. The topological polar surface area (TPSA) is 35.0 Å². The maximum atomic E-state index is 5.74. The highest BCUT2D eigenvalue weighted by molar-refractivity contribution is 6.32. The molecule has 0 unspecified atom stereocenters. The normalized spacial score (nSPS) is 9.69. The SMILES string of the molecule is C=CCCOc1nc(Cl)ncc1Cl. The molecular formula is C8H8Cl2N2O. The molecule has 0 aliphatic heterocycles. The van der Waals surface area contributed by atoms with Gasteiger partial charge in [0.1, 0.15) is 5.02 Å². The van der Waals surface area contributed by atoms with Gasteiger partial charge in [-0.05, 0) is 18.0 Å². The molecule has 0 saturated heterocycles. The molecule has 70 valence electrons. The average molecular weight is 219 g/mol. The van der Waals surface area contributed by atoms with Gasteiger partial charge < -0.3 is 4.74 Å². The van der Waals surface area contributed by atoms with E-state index in [9.17, 15) is 0 Å². The molecule has 3 nitrogen and oxygen atoms in total. The summed E-state index contributed by atoms with van der Waals surface area (Å²) >= 11 is 11.3. The monoisotopic (exact) mass is 218 g/mol. The van der Waals surface area contributed by atoms with Crippen molar-refractivity contribution in [1.82, 2.24) is 9.97 Å². The highest BCUT2D eigenvalue weighted by atomic mass is 35.5. The lowest BCUT2D eigenvalue weighted by molar-refractivity contribution is 0.312. The van der Waals surface area contributed by atoms with Crippen molar-refractivity contribution in [2.24, 2.45) is 0 Å². The first-order valence-corrected chi connectivity index (χ1v) is 4.41. The summed E-state index contributed by atoms with van der Waals surface area (Å²) in [6, 6.07) is 0. The van der Waals surface area contributed by atoms with Gasteiger partial charge in [0, 0.05) is 0 Å². The highest BCUT2D eigenvalue weighted by Crippen LogP contribution is 2.21. The minimum atomic E-state index is 0.123. The molecule has 0 aromatic carbocycles. The molecule has 0 fully saturated rings. The van der Waals surface area contributed by atoms with Crippen molar-refractivity contribution in [2.45, 2.75) is 6.42 Å². The molecule has 1 aromatic heterocycles. The van der Waals surface area contributed by atoms with Crippen LogP contribution < -0.4 is 4.74 Å². The summed E-state index contributed by atoms with van der Waals surface area (Å²) in [5.41, 5.74) is 0. The first-order chi connectivity index (χ1) is 6.24. The van der Waals surface area contributed by atoms with E-state index in [1.165, 1.54) is 6.20 Å². The molecule has 1 aromatic rings. The molecule has 0 N–H and O–H groups in total. The minimum absolute atomic E-state index is 0.123. The zero-order chi connectivity index (χ0) is 9.68.